The van der Waals surface area contributed by atoms with Gasteiger partial charge in [0.15, 0.2) is 9.84 Å². The van der Waals surface area contributed by atoms with Gasteiger partial charge in [0.25, 0.3) is 0 Å². The lowest BCUT2D eigenvalue weighted by atomic mass is 10.0. The Morgan fingerprint density at radius 1 is 1.13 bits per heavy atom. The molecule has 1 heterocycles. The van der Waals surface area contributed by atoms with Gasteiger partial charge in [-0.2, -0.15) is 0 Å². The van der Waals surface area contributed by atoms with Gasteiger partial charge in [0.05, 0.1) is 18.1 Å². The molecule has 0 spiro atoms. The summed E-state index contributed by atoms with van der Waals surface area (Å²) in [6.45, 7) is 1.73. The second kappa shape index (κ2) is 10.3. The molecule has 2 aromatic rings. The number of ether oxygens (including phenoxy) is 1. The molecule has 162 valence electrons. The molecule has 6 nitrogen and oxygen atoms in total. The summed E-state index contributed by atoms with van der Waals surface area (Å²) in [5, 5.41) is 0.619. The zero-order chi connectivity index (χ0) is 21.6. The number of hydrogen-bond acceptors (Lipinski definition) is 5. The van der Waals surface area contributed by atoms with E-state index in [1.54, 1.807) is 24.1 Å². The first kappa shape index (κ1) is 22.6. The molecule has 0 bridgehead atoms. The van der Waals surface area contributed by atoms with Crippen molar-refractivity contribution in [1.82, 2.24) is 9.80 Å². The van der Waals surface area contributed by atoms with E-state index in [4.69, 9.17) is 16.3 Å². The summed E-state index contributed by atoms with van der Waals surface area (Å²) in [7, 11) is -1.24. The zero-order valence-electron chi connectivity index (χ0n) is 17.0. The Morgan fingerprint density at radius 3 is 2.50 bits per heavy atom. The first-order valence-electron chi connectivity index (χ1n) is 9.98. The molecule has 1 atom stereocenters. The van der Waals surface area contributed by atoms with Gasteiger partial charge >= 0.3 is 0 Å². The smallest absolute Gasteiger partial charge is 0.244 e. The average molecular weight is 451 g/mol. The highest BCUT2D eigenvalue weighted by atomic mass is 35.5. The van der Waals surface area contributed by atoms with Gasteiger partial charge < -0.3 is 9.64 Å². The maximum Gasteiger partial charge on any atom is 0.244 e. The molecule has 1 aliphatic rings. The molecular formula is C22H27ClN2O4S. The van der Waals surface area contributed by atoms with Crippen LogP contribution in [-0.4, -0.2) is 68.9 Å². The minimum absolute atomic E-state index is 0.0387. The summed E-state index contributed by atoms with van der Waals surface area (Å²) in [6.07, 6.45) is 0.671. The maximum atomic E-state index is 13.3. The zero-order valence-corrected chi connectivity index (χ0v) is 18.6. The molecule has 0 aliphatic carbocycles. The van der Waals surface area contributed by atoms with Gasteiger partial charge in [-0.3, -0.25) is 9.69 Å². The van der Waals surface area contributed by atoms with Crippen LogP contribution in [0.15, 0.2) is 54.6 Å². The molecule has 8 heteroatoms. The Balaban J connectivity index is 1.60. The minimum Gasteiger partial charge on any atom is -0.493 e. The molecule has 0 saturated carbocycles. The van der Waals surface area contributed by atoms with Crippen molar-refractivity contribution in [2.45, 2.75) is 12.5 Å². The Hall–Kier alpha value is -2.09. The van der Waals surface area contributed by atoms with Crippen molar-refractivity contribution < 1.29 is 17.9 Å². The topological polar surface area (TPSA) is 66.9 Å². The van der Waals surface area contributed by atoms with Gasteiger partial charge in [0, 0.05) is 31.7 Å². The summed E-state index contributed by atoms with van der Waals surface area (Å²) < 4.78 is 29.4. The van der Waals surface area contributed by atoms with E-state index in [0.717, 1.165) is 5.56 Å². The van der Waals surface area contributed by atoms with Crippen molar-refractivity contribution in [2.24, 2.45) is 0 Å². The van der Waals surface area contributed by atoms with Gasteiger partial charge in [-0.25, -0.2) is 8.42 Å². The molecule has 1 aliphatic heterocycles. The Labute approximate surface area is 183 Å². The van der Waals surface area contributed by atoms with Crippen LogP contribution in [0.25, 0.3) is 0 Å². The maximum absolute atomic E-state index is 13.3. The largest absolute Gasteiger partial charge is 0.493 e. The Bertz CT molecular complexity index is 939. The van der Waals surface area contributed by atoms with E-state index in [2.05, 4.69) is 0 Å². The number of likely N-dealkylation sites (N-methyl/N-ethyl adjacent to an activating group) is 1. The highest BCUT2D eigenvalue weighted by Gasteiger charge is 2.33. The quantitative estimate of drug-likeness (QED) is 0.578. The van der Waals surface area contributed by atoms with Crippen LogP contribution in [0.4, 0.5) is 0 Å². The number of rotatable bonds is 8. The highest BCUT2D eigenvalue weighted by molar-refractivity contribution is 7.91. The number of benzene rings is 2. The lowest BCUT2D eigenvalue weighted by Gasteiger charge is -2.35. The Morgan fingerprint density at radius 2 is 1.83 bits per heavy atom. The van der Waals surface area contributed by atoms with E-state index in [-0.39, 0.29) is 17.4 Å². The van der Waals surface area contributed by atoms with Crippen molar-refractivity contribution in [3.05, 3.63) is 65.2 Å². The van der Waals surface area contributed by atoms with Crippen LogP contribution in [0, 0.1) is 0 Å². The third-order valence-electron chi connectivity index (χ3n) is 5.17. The predicted molar refractivity (Wildman–Crippen MR) is 119 cm³/mol. The normalized spacial score (nSPS) is 17.3. The second-order valence-corrected chi connectivity index (χ2v) is 10.2. The molecule has 3 rings (SSSR count). The average Bonchev–Trinajstić information content (AvgIpc) is 2.73. The molecule has 0 radical (unpaired) electrons. The van der Waals surface area contributed by atoms with Crippen LogP contribution in [-0.2, 0) is 14.6 Å². The number of amides is 1. The minimum atomic E-state index is -3.02. The second-order valence-electron chi connectivity index (χ2n) is 7.42. The fourth-order valence-electron chi connectivity index (χ4n) is 3.50. The molecule has 30 heavy (non-hydrogen) atoms. The van der Waals surface area contributed by atoms with Crippen molar-refractivity contribution in [2.75, 3.05) is 44.8 Å². The summed E-state index contributed by atoms with van der Waals surface area (Å²) in [4.78, 5) is 17.0. The fourth-order valence-corrected chi connectivity index (χ4v) is 4.91. The van der Waals surface area contributed by atoms with Gasteiger partial charge in [-0.1, -0.05) is 48.0 Å². The van der Waals surface area contributed by atoms with Crippen LogP contribution in [0.2, 0.25) is 5.02 Å². The van der Waals surface area contributed by atoms with Crippen molar-refractivity contribution in [1.29, 1.82) is 0 Å². The van der Waals surface area contributed by atoms with E-state index >= 15 is 0 Å². The lowest BCUT2D eigenvalue weighted by molar-refractivity contribution is -0.136. The molecule has 1 unspecified atom stereocenters. The number of carbonyl (C=O) groups is 1. The first-order valence-corrected chi connectivity index (χ1v) is 12.2. The molecular weight excluding hydrogens is 424 g/mol. The third kappa shape index (κ3) is 6.20. The van der Waals surface area contributed by atoms with E-state index in [0.29, 0.717) is 43.4 Å². The van der Waals surface area contributed by atoms with Gasteiger partial charge in [0.2, 0.25) is 5.91 Å². The summed E-state index contributed by atoms with van der Waals surface area (Å²) in [5.41, 5.74) is 0.879. The van der Waals surface area contributed by atoms with Crippen LogP contribution in [0.5, 0.6) is 5.75 Å². The molecule has 0 aromatic heterocycles. The third-order valence-corrected chi connectivity index (χ3v) is 7.02. The number of sulfone groups is 1. The summed E-state index contributed by atoms with van der Waals surface area (Å²) >= 11 is 5.96. The molecule has 1 saturated heterocycles. The summed E-state index contributed by atoms with van der Waals surface area (Å²) in [5.74, 6) is 0.832. The van der Waals surface area contributed by atoms with Gasteiger partial charge in [0.1, 0.15) is 11.8 Å². The lowest BCUT2D eigenvalue weighted by Crippen LogP contribution is -2.48. The van der Waals surface area contributed by atoms with E-state index < -0.39 is 15.9 Å². The van der Waals surface area contributed by atoms with Crippen LogP contribution in [0.3, 0.4) is 0 Å². The monoisotopic (exact) mass is 450 g/mol. The standard InChI is InChI=1S/C22H27ClN2O4S/c1-24(11-6-14-29-20-10-5-9-19(23)17-20)22(26)21(18-7-3-2-4-8-18)25-12-15-30(27,28)16-13-25/h2-5,7-10,17,21H,6,11-16H2,1H3. The number of hydrogen-bond donors (Lipinski definition) is 0. The van der Waals surface area contributed by atoms with Crippen LogP contribution in [0.1, 0.15) is 18.0 Å². The van der Waals surface area contributed by atoms with Gasteiger partial charge in [-0.05, 0) is 30.2 Å². The number of nitrogens with zero attached hydrogens (tertiary/aromatic N) is 2. The van der Waals surface area contributed by atoms with Crippen molar-refractivity contribution in [3.63, 3.8) is 0 Å². The summed E-state index contributed by atoms with van der Waals surface area (Å²) in [6, 6.07) is 16.3. The Kier molecular flexibility index (Phi) is 7.75. The van der Waals surface area contributed by atoms with E-state index in [1.807, 2.05) is 47.4 Å². The predicted octanol–water partition coefficient (Wildman–Crippen LogP) is 3.04. The molecule has 0 N–H and O–H groups in total. The number of halogens is 1. The first-order chi connectivity index (χ1) is 14.4. The van der Waals surface area contributed by atoms with Crippen molar-refractivity contribution >= 4 is 27.3 Å². The fraction of sp³-hybridized carbons (Fsp3) is 0.409. The SMILES string of the molecule is CN(CCCOc1cccc(Cl)c1)C(=O)C(c1ccccc1)N1CCS(=O)(=O)CC1. The molecule has 2 aromatic carbocycles. The van der Waals surface area contributed by atoms with E-state index in [1.165, 1.54) is 0 Å². The molecule has 1 fully saturated rings. The van der Waals surface area contributed by atoms with Crippen LogP contribution < -0.4 is 4.74 Å². The highest BCUT2D eigenvalue weighted by Crippen LogP contribution is 2.25. The van der Waals surface area contributed by atoms with Crippen LogP contribution >= 0.6 is 11.6 Å². The number of carbonyl (C=O) groups excluding carboxylic acids is 1. The van der Waals surface area contributed by atoms with E-state index in [9.17, 15) is 13.2 Å². The van der Waals surface area contributed by atoms with Crippen molar-refractivity contribution in [3.8, 4) is 5.75 Å². The molecule has 1 amide bonds. The van der Waals surface area contributed by atoms with Gasteiger partial charge in [-0.15, -0.1) is 0 Å².